The maximum absolute atomic E-state index is 12.7. The molecule has 1 saturated heterocycles. The van der Waals surface area contributed by atoms with Gasteiger partial charge in [-0.3, -0.25) is 9.59 Å². The minimum absolute atomic E-state index is 0.0229. The molecule has 6 heteroatoms. The topological polar surface area (TPSA) is 66.9 Å². The molecule has 0 radical (unpaired) electrons. The molecular weight excluding hydrogens is 272 g/mol. The van der Waals surface area contributed by atoms with Crippen molar-refractivity contribution in [1.29, 1.82) is 0 Å². The molecule has 1 heterocycles. The number of hydrogen-bond donors (Lipinski definition) is 0. The summed E-state index contributed by atoms with van der Waals surface area (Å²) >= 11 is 0. The van der Waals surface area contributed by atoms with Gasteiger partial charge in [0.1, 0.15) is 6.04 Å². The summed E-state index contributed by atoms with van der Waals surface area (Å²) in [5.41, 5.74) is 0. The molecule has 0 aromatic heterocycles. The quantitative estimate of drug-likeness (QED) is 0.707. The third-order valence-electron chi connectivity index (χ3n) is 4.54. The molecule has 6 nitrogen and oxygen atoms in total. The van der Waals surface area contributed by atoms with E-state index >= 15 is 0 Å². The number of carbonyl (C=O) groups excluding carboxylic acids is 3. The van der Waals surface area contributed by atoms with Gasteiger partial charge in [0.25, 0.3) is 0 Å². The normalized spacial score (nSPS) is 23.8. The summed E-state index contributed by atoms with van der Waals surface area (Å²) in [5.74, 6) is -0.443. The van der Waals surface area contributed by atoms with Crippen LogP contribution in [0.1, 0.15) is 39.0 Å². The summed E-state index contributed by atoms with van der Waals surface area (Å²) in [6.07, 6.45) is 5.14. The Balaban J connectivity index is 2.10. The van der Waals surface area contributed by atoms with Crippen molar-refractivity contribution in [1.82, 2.24) is 9.80 Å². The van der Waals surface area contributed by atoms with Gasteiger partial charge in [-0.25, -0.2) is 4.79 Å². The zero-order valence-corrected chi connectivity index (χ0v) is 12.8. The lowest BCUT2D eigenvalue weighted by Gasteiger charge is -2.41. The third-order valence-corrected chi connectivity index (χ3v) is 4.54. The number of esters is 1. The van der Waals surface area contributed by atoms with Gasteiger partial charge >= 0.3 is 5.97 Å². The largest absolute Gasteiger partial charge is 0.467 e. The van der Waals surface area contributed by atoms with Crippen LogP contribution in [0, 0.1) is 5.92 Å². The Hall–Kier alpha value is -1.59. The summed E-state index contributed by atoms with van der Waals surface area (Å²) < 4.78 is 4.81. The number of rotatable bonds is 2. The van der Waals surface area contributed by atoms with E-state index in [-0.39, 0.29) is 24.3 Å². The maximum atomic E-state index is 12.7. The molecule has 1 unspecified atom stereocenters. The molecule has 2 amide bonds. The van der Waals surface area contributed by atoms with Crippen molar-refractivity contribution < 1.29 is 19.1 Å². The highest BCUT2D eigenvalue weighted by Crippen LogP contribution is 2.27. The van der Waals surface area contributed by atoms with Crippen molar-refractivity contribution in [2.45, 2.75) is 45.1 Å². The molecule has 1 atom stereocenters. The van der Waals surface area contributed by atoms with Gasteiger partial charge in [0.2, 0.25) is 11.8 Å². The molecule has 2 rings (SSSR count). The molecule has 118 valence electrons. The number of piperazine rings is 1. The van der Waals surface area contributed by atoms with Gasteiger partial charge < -0.3 is 14.5 Å². The van der Waals surface area contributed by atoms with Crippen LogP contribution in [0.25, 0.3) is 0 Å². The van der Waals surface area contributed by atoms with Crippen LogP contribution in [0.2, 0.25) is 0 Å². The van der Waals surface area contributed by atoms with Crippen LogP contribution < -0.4 is 0 Å². The van der Waals surface area contributed by atoms with Crippen molar-refractivity contribution in [3.8, 4) is 0 Å². The smallest absolute Gasteiger partial charge is 0.330 e. The van der Waals surface area contributed by atoms with Crippen LogP contribution >= 0.6 is 0 Å². The molecule has 0 bridgehead atoms. The van der Waals surface area contributed by atoms with Crippen molar-refractivity contribution in [3.05, 3.63) is 0 Å². The number of carbonyl (C=O) groups is 3. The molecule has 0 spiro atoms. The van der Waals surface area contributed by atoms with Crippen LogP contribution in [0.5, 0.6) is 0 Å². The minimum atomic E-state index is -0.665. The van der Waals surface area contributed by atoms with E-state index in [1.165, 1.54) is 20.5 Å². The molecule has 2 fully saturated rings. The fraction of sp³-hybridized carbons (Fsp3) is 0.800. The zero-order chi connectivity index (χ0) is 15.4. The predicted molar refractivity (Wildman–Crippen MR) is 76.3 cm³/mol. The summed E-state index contributed by atoms with van der Waals surface area (Å²) in [7, 11) is 1.32. The lowest BCUT2D eigenvalue weighted by Crippen LogP contribution is -2.60. The molecule has 0 aromatic rings. The van der Waals surface area contributed by atoms with Gasteiger partial charge in [-0.1, -0.05) is 19.3 Å². The predicted octanol–water partition coefficient (Wildman–Crippen LogP) is 0.799. The maximum Gasteiger partial charge on any atom is 0.330 e. The van der Waals surface area contributed by atoms with Crippen LogP contribution in [0.15, 0.2) is 0 Å². The minimum Gasteiger partial charge on any atom is -0.467 e. The van der Waals surface area contributed by atoms with Crippen LogP contribution in [-0.2, 0) is 19.1 Å². The van der Waals surface area contributed by atoms with E-state index in [0.29, 0.717) is 13.1 Å². The molecule has 21 heavy (non-hydrogen) atoms. The van der Waals surface area contributed by atoms with E-state index in [9.17, 15) is 14.4 Å². The van der Waals surface area contributed by atoms with E-state index < -0.39 is 12.0 Å². The van der Waals surface area contributed by atoms with Crippen LogP contribution in [-0.4, -0.2) is 60.4 Å². The standard InChI is InChI=1S/C15H24N2O4/c1-11(18)16-8-9-17(13(10-16)15(20)21-2)14(19)12-6-4-3-5-7-12/h12-13H,3-10H2,1-2H3. The Labute approximate surface area is 125 Å². The number of hydrogen-bond acceptors (Lipinski definition) is 4. The fourth-order valence-corrected chi connectivity index (χ4v) is 3.25. The third kappa shape index (κ3) is 3.54. The lowest BCUT2D eigenvalue weighted by atomic mass is 9.87. The Bertz CT molecular complexity index is 418. The Morgan fingerprint density at radius 3 is 2.29 bits per heavy atom. The van der Waals surface area contributed by atoms with E-state index in [1.807, 2.05) is 0 Å². The van der Waals surface area contributed by atoms with Crippen molar-refractivity contribution in [2.75, 3.05) is 26.7 Å². The van der Waals surface area contributed by atoms with Gasteiger partial charge in [0, 0.05) is 25.9 Å². The molecule has 0 N–H and O–H groups in total. The number of methoxy groups -OCH3 is 1. The molecule has 2 aliphatic rings. The summed E-state index contributed by atoms with van der Waals surface area (Å²) in [6.45, 7) is 2.61. The summed E-state index contributed by atoms with van der Waals surface area (Å²) in [5, 5.41) is 0. The molecule has 1 aliphatic carbocycles. The van der Waals surface area contributed by atoms with Crippen LogP contribution in [0.4, 0.5) is 0 Å². The number of amides is 2. The molecule has 1 saturated carbocycles. The number of ether oxygens (including phenoxy) is 1. The van der Waals surface area contributed by atoms with Crippen molar-refractivity contribution >= 4 is 17.8 Å². The zero-order valence-electron chi connectivity index (χ0n) is 12.8. The second-order valence-corrected chi connectivity index (χ2v) is 5.87. The van der Waals surface area contributed by atoms with E-state index in [0.717, 1.165) is 25.7 Å². The first-order valence-corrected chi connectivity index (χ1v) is 7.68. The summed E-state index contributed by atoms with van der Waals surface area (Å²) in [4.78, 5) is 39.4. The fourth-order valence-electron chi connectivity index (χ4n) is 3.25. The van der Waals surface area contributed by atoms with Gasteiger partial charge in [0.15, 0.2) is 0 Å². The number of nitrogens with zero attached hydrogens (tertiary/aromatic N) is 2. The average molecular weight is 296 g/mol. The van der Waals surface area contributed by atoms with Gasteiger partial charge in [-0.05, 0) is 12.8 Å². The molecule has 0 aromatic carbocycles. The average Bonchev–Trinajstić information content (AvgIpc) is 2.53. The Morgan fingerprint density at radius 2 is 1.71 bits per heavy atom. The van der Waals surface area contributed by atoms with E-state index in [2.05, 4.69) is 0 Å². The SMILES string of the molecule is COC(=O)C1CN(C(C)=O)CCN1C(=O)C1CCCCC1. The Kier molecular flexibility index (Phi) is 5.20. The molecule has 1 aliphatic heterocycles. The lowest BCUT2D eigenvalue weighted by molar-refractivity contribution is -0.160. The van der Waals surface area contributed by atoms with Crippen molar-refractivity contribution in [2.24, 2.45) is 5.92 Å². The second kappa shape index (κ2) is 6.91. The highest BCUT2D eigenvalue weighted by Gasteiger charge is 2.39. The Morgan fingerprint density at radius 1 is 1.05 bits per heavy atom. The highest BCUT2D eigenvalue weighted by atomic mass is 16.5. The highest BCUT2D eigenvalue weighted by molar-refractivity contribution is 5.87. The van der Waals surface area contributed by atoms with Crippen molar-refractivity contribution in [3.63, 3.8) is 0 Å². The second-order valence-electron chi connectivity index (χ2n) is 5.87. The van der Waals surface area contributed by atoms with Crippen LogP contribution in [0.3, 0.4) is 0 Å². The molecular formula is C15H24N2O4. The summed E-state index contributed by atoms with van der Waals surface area (Å²) in [6, 6.07) is -0.665. The van der Waals surface area contributed by atoms with Gasteiger partial charge in [0.05, 0.1) is 13.7 Å². The first kappa shape index (κ1) is 15.8. The first-order chi connectivity index (χ1) is 10.0. The van der Waals surface area contributed by atoms with Gasteiger partial charge in [-0.2, -0.15) is 0 Å². The first-order valence-electron chi connectivity index (χ1n) is 7.68. The van der Waals surface area contributed by atoms with Gasteiger partial charge in [-0.15, -0.1) is 0 Å². The van der Waals surface area contributed by atoms with E-state index in [1.54, 1.807) is 9.80 Å². The van der Waals surface area contributed by atoms with E-state index in [4.69, 9.17) is 4.74 Å². The monoisotopic (exact) mass is 296 g/mol.